The van der Waals surface area contributed by atoms with E-state index in [1.54, 1.807) is 14.2 Å². The smallest absolute Gasteiger partial charge is 0.122 e. The molecule has 2 nitrogen and oxygen atoms in total. The molecule has 1 aromatic rings. The predicted molar refractivity (Wildman–Crippen MR) is 96.9 cm³/mol. The fraction of sp³-hybridized carbons (Fsp3) is 0.684. The molecule has 1 aromatic carbocycles. The van der Waals surface area contributed by atoms with Crippen molar-refractivity contribution in [2.24, 2.45) is 0 Å². The molecule has 0 aromatic heterocycles. The highest BCUT2D eigenvalue weighted by Crippen LogP contribution is 2.54. The van der Waals surface area contributed by atoms with Gasteiger partial charge in [0.05, 0.1) is 22.3 Å². The molecule has 0 amide bonds. The van der Waals surface area contributed by atoms with Crippen molar-refractivity contribution in [1.29, 1.82) is 0 Å². The SMILES string of the molecule is CCC1(c2cc(OC)ccc2OC)CCCC[Si]1(CC)CC. The van der Waals surface area contributed by atoms with Crippen LogP contribution in [0.25, 0.3) is 0 Å². The molecule has 22 heavy (non-hydrogen) atoms. The number of hydrogen-bond acceptors (Lipinski definition) is 2. The van der Waals surface area contributed by atoms with Crippen molar-refractivity contribution >= 4 is 8.07 Å². The largest absolute Gasteiger partial charge is 0.497 e. The van der Waals surface area contributed by atoms with Gasteiger partial charge in [0.1, 0.15) is 11.5 Å². The Morgan fingerprint density at radius 1 is 1.05 bits per heavy atom. The van der Waals surface area contributed by atoms with E-state index < -0.39 is 8.07 Å². The summed E-state index contributed by atoms with van der Waals surface area (Å²) in [6.07, 6.45) is 5.32. The van der Waals surface area contributed by atoms with Crippen LogP contribution in [0, 0.1) is 0 Å². The maximum absolute atomic E-state index is 5.77. The first kappa shape index (κ1) is 17.4. The van der Waals surface area contributed by atoms with Crippen LogP contribution in [0.2, 0.25) is 18.1 Å². The Labute approximate surface area is 137 Å². The van der Waals surface area contributed by atoms with Crippen molar-refractivity contribution in [2.75, 3.05) is 14.2 Å². The molecule has 0 spiro atoms. The van der Waals surface area contributed by atoms with Gasteiger partial charge in [0.15, 0.2) is 0 Å². The Bertz CT molecular complexity index is 496. The standard InChI is InChI=1S/C19H32O2Si/c1-6-19(13-9-10-14-22(19,7-2)8-3)17-15-16(20-4)11-12-18(17)21-5/h11-12,15H,6-10,13-14H2,1-5H3. The van der Waals surface area contributed by atoms with Gasteiger partial charge in [-0.2, -0.15) is 0 Å². The highest BCUT2D eigenvalue weighted by molar-refractivity contribution is 6.82. The summed E-state index contributed by atoms with van der Waals surface area (Å²) in [5, 5.41) is 0.342. The molecular weight excluding hydrogens is 288 g/mol. The van der Waals surface area contributed by atoms with Crippen molar-refractivity contribution in [3.05, 3.63) is 23.8 Å². The van der Waals surface area contributed by atoms with Crippen molar-refractivity contribution in [1.82, 2.24) is 0 Å². The summed E-state index contributed by atoms with van der Waals surface area (Å²) in [6.45, 7) is 7.24. The molecular formula is C19H32O2Si. The first-order valence-electron chi connectivity index (χ1n) is 8.85. The molecule has 2 rings (SSSR count). The van der Waals surface area contributed by atoms with Gasteiger partial charge in [-0.05, 0) is 36.1 Å². The van der Waals surface area contributed by atoms with E-state index in [9.17, 15) is 0 Å². The zero-order valence-corrected chi connectivity index (χ0v) is 16.0. The minimum Gasteiger partial charge on any atom is -0.497 e. The van der Waals surface area contributed by atoms with Crippen LogP contribution in [-0.2, 0) is 5.04 Å². The van der Waals surface area contributed by atoms with E-state index in [0.29, 0.717) is 5.04 Å². The van der Waals surface area contributed by atoms with E-state index >= 15 is 0 Å². The Kier molecular flexibility index (Phi) is 5.59. The fourth-order valence-electron chi connectivity index (χ4n) is 5.03. The van der Waals surface area contributed by atoms with Crippen LogP contribution in [0.15, 0.2) is 18.2 Å². The van der Waals surface area contributed by atoms with Gasteiger partial charge in [-0.25, -0.2) is 0 Å². The van der Waals surface area contributed by atoms with Crippen LogP contribution in [-0.4, -0.2) is 22.3 Å². The minimum atomic E-state index is -1.37. The maximum atomic E-state index is 5.77. The molecule has 0 saturated carbocycles. The Balaban J connectivity index is 2.66. The third kappa shape index (κ3) is 2.58. The number of benzene rings is 1. The third-order valence-electron chi connectivity index (χ3n) is 6.40. The zero-order valence-electron chi connectivity index (χ0n) is 15.0. The van der Waals surface area contributed by atoms with Gasteiger partial charge in [-0.3, -0.25) is 0 Å². The monoisotopic (exact) mass is 320 g/mol. The zero-order chi connectivity index (χ0) is 16.2. The van der Waals surface area contributed by atoms with Crippen molar-refractivity contribution in [3.8, 4) is 11.5 Å². The van der Waals surface area contributed by atoms with Crippen LogP contribution >= 0.6 is 0 Å². The van der Waals surface area contributed by atoms with Gasteiger partial charge in [0.2, 0.25) is 0 Å². The summed E-state index contributed by atoms with van der Waals surface area (Å²) in [5.41, 5.74) is 1.42. The van der Waals surface area contributed by atoms with Gasteiger partial charge < -0.3 is 9.47 Å². The molecule has 124 valence electrons. The van der Waals surface area contributed by atoms with Crippen molar-refractivity contribution < 1.29 is 9.47 Å². The maximum Gasteiger partial charge on any atom is 0.122 e. The van der Waals surface area contributed by atoms with Crippen LogP contribution in [0.1, 0.15) is 52.0 Å². The summed E-state index contributed by atoms with van der Waals surface area (Å²) in [7, 11) is 2.19. The normalized spacial score (nSPS) is 24.0. The predicted octanol–water partition coefficient (Wildman–Crippen LogP) is 5.56. The number of hydrogen-bond donors (Lipinski definition) is 0. The molecule has 0 radical (unpaired) electrons. The highest BCUT2D eigenvalue weighted by atomic mass is 28.3. The molecule has 1 heterocycles. The van der Waals surface area contributed by atoms with E-state index in [1.807, 2.05) is 6.07 Å². The Morgan fingerprint density at radius 3 is 2.32 bits per heavy atom. The summed E-state index contributed by atoms with van der Waals surface area (Å²) < 4.78 is 11.3. The van der Waals surface area contributed by atoms with E-state index in [-0.39, 0.29) is 0 Å². The summed E-state index contributed by atoms with van der Waals surface area (Å²) in [6, 6.07) is 10.6. The van der Waals surface area contributed by atoms with Gasteiger partial charge in [0, 0.05) is 5.56 Å². The minimum absolute atomic E-state index is 0.342. The summed E-state index contributed by atoms with van der Waals surface area (Å²) >= 11 is 0. The molecule has 0 bridgehead atoms. The average Bonchev–Trinajstić information content (AvgIpc) is 2.60. The average molecular weight is 321 g/mol. The molecule has 1 saturated heterocycles. The second-order valence-electron chi connectivity index (χ2n) is 6.70. The van der Waals surface area contributed by atoms with Gasteiger partial charge in [0.25, 0.3) is 0 Å². The Hall–Kier alpha value is -0.963. The molecule has 1 fully saturated rings. The van der Waals surface area contributed by atoms with E-state index in [2.05, 4.69) is 32.9 Å². The third-order valence-corrected chi connectivity index (χ3v) is 13.3. The van der Waals surface area contributed by atoms with Gasteiger partial charge in [-0.1, -0.05) is 51.7 Å². The molecule has 3 heteroatoms. The quantitative estimate of drug-likeness (QED) is 0.639. The van der Waals surface area contributed by atoms with Crippen LogP contribution in [0.3, 0.4) is 0 Å². The second kappa shape index (κ2) is 7.07. The first-order valence-corrected chi connectivity index (χ1v) is 11.5. The lowest BCUT2D eigenvalue weighted by Crippen LogP contribution is -2.57. The van der Waals surface area contributed by atoms with Gasteiger partial charge >= 0.3 is 0 Å². The lowest BCUT2D eigenvalue weighted by Gasteiger charge is -2.53. The molecule has 0 aliphatic carbocycles. The van der Waals surface area contributed by atoms with E-state index in [4.69, 9.17) is 9.47 Å². The van der Waals surface area contributed by atoms with Crippen molar-refractivity contribution in [3.63, 3.8) is 0 Å². The lowest BCUT2D eigenvalue weighted by molar-refractivity contribution is 0.374. The summed E-state index contributed by atoms with van der Waals surface area (Å²) in [5.74, 6) is 2.02. The number of methoxy groups -OCH3 is 2. The van der Waals surface area contributed by atoms with Gasteiger partial charge in [-0.15, -0.1) is 0 Å². The fourth-order valence-corrected chi connectivity index (χ4v) is 11.2. The van der Waals surface area contributed by atoms with Crippen LogP contribution in [0.5, 0.6) is 11.5 Å². The van der Waals surface area contributed by atoms with Crippen molar-refractivity contribution in [2.45, 2.75) is 69.6 Å². The molecule has 1 unspecified atom stereocenters. The number of rotatable bonds is 6. The summed E-state index contributed by atoms with van der Waals surface area (Å²) in [4.78, 5) is 0. The lowest BCUT2D eigenvalue weighted by atomic mass is 9.88. The first-order chi connectivity index (χ1) is 10.6. The highest BCUT2D eigenvalue weighted by Gasteiger charge is 2.52. The second-order valence-corrected chi connectivity index (χ2v) is 12.1. The van der Waals surface area contributed by atoms with E-state index in [0.717, 1.165) is 11.5 Å². The molecule has 1 atom stereocenters. The topological polar surface area (TPSA) is 18.5 Å². The molecule has 0 N–H and O–H groups in total. The molecule has 1 aliphatic heterocycles. The van der Waals surface area contributed by atoms with Crippen LogP contribution < -0.4 is 9.47 Å². The van der Waals surface area contributed by atoms with Crippen LogP contribution in [0.4, 0.5) is 0 Å². The number of ether oxygens (including phenoxy) is 2. The van der Waals surface area contributed by atoms with E-state index in [1.165, 1.54) is 49.4 Å². The Morgan fingerprint density at radius 2 is 1.77 bits per heavy atom. The molecule has 1 aliphatic rings.